The molecule has 32 heavy (non-hydrogen) atoms. The molecule has 160 valence electrons. The van der Waals surface area contributed by atoms with E-state index in [1.54, 1.807) is 18.3 Å². The maximum atomic E-state index is 10.6. The molecule has 0 amide bonds. The van der Waals surface area contributed by atoms with Crippen molar-refractivity contribution in [2.45, 2.75) is 19.0 Å². The zero-order valence-electron chi connectivity index (χ0n) is 17.2. The number of thiocarbonyl (C=S) groups is 1. The lowest BCUT2D eigenvalue weighted by Gasteiger charge is -2.26. The van der Waals surface area contributed by atoms with E-state index in [-0.39, 0.29) is 17.8 Å². The van der Waals surface area contributed by atoms with Crippen molar-refractivity contribution in [3.8, 4) is 17.1 Å². The summed E-state index contributed by atoms with van der Waals surface area (Å²) in [4.78, 5) is 6.45. The van der Waals surface area contributed by atoms with Crippen LogP contribution in [0.15, 0.2) is 87.9 Å². The van der Waals surface area contributed by atoms with Crippen molar-refractivity contribution in [3.05, 3.63) is 100 Å². The van der Waals surface area contributed by atoms with Crippen LogP contribution in [0.4, 0.5) is 5.69 Å². The number of pyridine rings is 1. The quantitative estimate of drug-likeness (QED) is 0.317. The van der Waals surface area contributed by atoms with Crippen LogP contribution in [-0.4, -0.2) is 15.2 Å². The minimum Gasteiger partial charge on any atom is -0.506 e. The van der Waals surface area contributed by atoms with E-state index >= 15 is 0 Å². The molecule has 4 aromatic rings. The highest BCUT2D eigenvalue weighted by Crippen LogP contribution is 2.45. The lowest BCUT2D eigenvalue weighted by Crippen LogP contribution is -2.29. The molecule has 0 aliphatic carbocycles. The number of aryl methyl sites for hydroxylation is 1. The van der Waals surface area contributed by atoms with Gasteiger partial charge in [-0.15, -0.1) is 0 Å². The molecule has 5 rings (SSSR count). The van der Waals surface area contributed by atoms with E-state index in [1.807, 2.05) is 53.4 Å². The fraction of sp³-hybridized carbons (Fsp3) is 0.120. The van der Waals surface area contributed by atoms with Crippen LogP contribution in [0, 0.1) is 6.92 Å². The summed E-state index contributed by atoms with van der Waals surface area (Å²) in [5.41, 5.74) is 3.59. The van der Waals surface area contributed by atoms with Gasteiger partial charge in [0, 0.05) is 16.2 Å². The van der Waals surface area contributed by atoms with Gasteiger partial charge in [-0.3, -0.25) is 4.98 Å². The maximum Gasteiger partial charge on any atom is 0.174 e. The highest BCUT2D eigenvalue weighted by molar-refractivity contribution is 9.10. The molecule has 0 bridgehead atoms. The molecule has 0 unspecified atom stereocenters. The highest BCUT2D eigenvalue weighted by atomic mass is 79.9. The number of nitrogens with zero attached hydrogens (tertiary/aromatic N) is 2. The number of nitrogens with one attached hydrogen (secondary N) is 1. The van der Waals surface area contributed by atoms with Crippen LogP contribution in [-0.2, 0) is 0 Å². The maximum absolute atomic E-state index is 10.6. The van der Waals surface area contributed by atoms with Crippen LogP contribution in [0.5, 0.6) is 5.75 Å². The number of aromatic nitrogens is 1. The van der Waals surface area contributed by atoms with E-state index in [1.165, 1.54) is 5.56 Å². The second-order valence-corrected chi connectivity index (χ2v) is 8.91. The number of phenols is 1. The Hall–Kier alpha value is -3.16. The molecule has 0 radical (unpaired) electrons. The summed E-state index contributed by atoms with van der Waals surface area (Å²) in [7, 11) is 0. The summed E-state index contributed by atoms with van der Waals surface area (Å²) in [6.45, 7) is 2.05. The first-order valence-corrected chi connectivity index (χ1v) is 11.4. The average Bonchev–Trinajstić information content (AvgIpc) is 3.39. The van der Waals surface area contributed by atoms with Crippen molar-refractivity contribution in [2.75, 3.05) is 4.90 Å². The molecule has 1 saturated heterocycles. The van der Waals surface area contributed by atoms with Gasteiger partial charge in [0.05, 0.1) is 17.4 Å². The van der Waals surface area contributed by atoms with Gasteiger partial charge in [-0.25, -0.2) is 0 Å². The molecule has 1 fully saturated rings. The predicted octanol–water partition coefficient (Wildman–Crippen LogP) is 6.30. The summed E-state index contributed by atoms with van der Waals surface area (Å²) < 4.78 is 7.36. The third-order valence-corrected chi connectivity index (χ3v) is 6.52. The van der Waals surface area contributed by atoms with Gasteiger partial charge in [-0.05, 0) is 73.2 Å². The van der Waals surface area contributed by atoms with Gasteiger partial charge in [0.15, 0.2) is 5.11 Å². The highest BCUT2D eigenvalue weighted by Gasteiger charge is 2.43. The largest absolute Gasteiger partial charge is 0.506 e. The zero-order valence-corrected chi connectivity index (χ0v) is 19.6. The van der Waals surface area contributed by atoms with Crippen molar-refractivity contribution in [2.24, 2.45) is 0 Å². The molecule has 5 nitrogen and oxygen atoms in total. The SMILES string of the molecule is Cc1ccc(-c2ccc([C@@H]3[C@H](c4ccccn4)NC(=S)N3c3ccccc3O)o2)c(Br)c1. The van der Waals surface area contributed by atoms with E-state index in [0.717, 1.165) is 27.3 Å². The van der Waals surface area contributed by atoms with Crippen LogP contribution < -0.4 is 10.2 Å². The van der Waals surface area contributed by atoms with Gasteiger partial charge in [-0.2, -0.15) is 0 Å². The second-order valence-electron chi connectivity index (χ2n) is 7.67. The molecule has 2 N–H and O–H groups in total. The van der Waals surface area contributed by atoms with Crippen LogP contribution in [0.25, 0.3) is 11.3 Å². The molecule has 2 aromatic heterocycles. The summed E-state index contributed by atoms with van der Waals surface area (Å²) in [6, 6.07) is 22.5. The number of anilines is 1. The number of halogens is 1. The molecule has 3 heterocycles. The third kappa shape index (κ3) is 3.67. The third-order valence-electron chi connectivity index (χ3n) is 5.55. The Morgan fingerprint density at radius 3 is 2.62 bits per heavy atom. The molecule has 1 aliphatic heterocycles. The van der Waals surface area contributed by atoms with E-state index in [9.17, 15) is 5.11 Å². The fourth-order valence-electron chi connectivity index (χ4n) is 4.05. The number of furan rings is 1. The summed E-state index contributed by atoms with van der Waals surface area (Å²) in [6.07, 6.45) is 1.76. The summed E-state index contributed by atoms with van der Waals surface area (Å²) in [5, 5.41) is 14.5. The Morgan fingerprint density at radius 2 is 1.88 bits per heavy atom. The zero-order chi connectivity index (χ0) is 22.2. The number of hydrogen-bond acceptors (Lipinski definition) is 4. The smallest absolute Gasteiger partial charge is 0.174 e. The van der Waals surface area contributed by atoms with Crippen molar-refractivity contribution in [1.82, 2.24) is 10.3 Å². The molecular weight excluding hydrogens is 486 g/mol. The molecule has 2 atom stereocenters. The molecular formula is C25H20BrN3O2S. The van der Waals surface area contributed by atoms with Crippen LogP contribution in [0.2, 0.25) is 0 Å². The monoisotopic (exact) mass is 505 g/mol. The summed E-state index contributed by atoms with van der Waals surface area (Å²) in [5.74, 6) is 1.62. The van der Waals surface area contributed by atoms with Crippen LogP contribution >= 0.6 is 28.1 Å². The first-order chi connectivity index (χ1) is 15.5. The van der Waals surface area contributed by atoms with Gasteiger partial charge in [0.25, 0.3) is 0 Å². The number of aromatic hydroxyl groups is 1. The topological polar surface area (TPSA) is 61.5 Å². The van der Waals surface area contributed by atoms with Gasteiger partial charge in [-0.1, -0.05) is 40.2 Å². The Labute approximate surface area is 199 Å². The number of benzene rings is 2. The van der Waals surface area contributed by atoms with E-state index in [2.05, 4.69) is 45.3 Å². The lowest BCUT2D eigenvalue weighted by molar-refractivity contribution is 0.434. The van der Waals surface area contributed by atoms with Gasteiger partial charge in [0.2, 0.25) is 0 Å². The predicted molar refractivity (Wildman–Crippen MR) is 133 cm³/mol. The molecule has 0 saturated carbocycles. The van der Waals surface area contributed by atoms with Crippen molar-refractivity contribution < 1.29 is 9.52 Å². The Balaban J connectivity index is 1.62. The summed E-state index contributed by atoms with van der Waals surface area (Å²) >= 11 is 9.34. The Kier molecular flexibility index (Phi) is 5.45. The lowest BCUT2D eigenvalue weighted by atomic mass is 10.0. The van der Waals surface area contributed by atoms with Gasteiger partial charge in [0.1, 0.15) is 23.3 Å². The molecule has 7 heteroatoms. The van der Waals surface area contributed by atoms with Crippen molar-refractivity contribution in [3.63, 3.8) is 0 Å². The molecule has 1 aliphatic rings. The number of phenolic OH excluding ortho intramolecular Hbond substituents is 1. The van der Waals surface area contributed by atoms with E-state index in [4.69, 9.17) is 16.6 Å². The fourth-order valence-corrected chi connectivity index (χ4v) is 5.08. The molecule has 0 spiro atoms. The Bertz CT molecular complexity index is 1290. The van der Waals surface area contributed by atoms with Gasteiger partial charge < -0.3 is 19.7 Å². The van der Waals surface area contributed by atoms with Crippen LogP contribution in [0.1, 0.15) is 29.1 Å². The van der Waals surface area contributed by atoms with E-state index in [0.29, 0.717) is 10.8 Å². The van der Waals surface area contributed by atoms with E-state index < -0.39 is 0 Å². The minimum absolute atomic E-state index is 0.149. The minimum atomic E-state index is -0.330. The first kappa shape index (κ1) is 20.7. The van der Waals surface area contributed by atoms with Gasteiger partial charge >= 0.3 is 0 Å². The van der Waals surface area contributed by atoms with Crippen molar-refractivity contribution >= 4 is 38.9 Å². The Morgan fingerprint density at radius 1 is 1.06 bits per heavy atom. The van der Waals surface area contributed by atoms with Crippen LogP contribution in [0.3, 0.4) is 0 Å². The molecule has 2 aromatic carbocycles. The average molecular weight is 506 g/mol. The standard InChI is InChI=1S/C25H20BrN3O2S/c1-15-9-10-16(17(26)14-15)21-11-12-22(31-21)24-23(18-6-4-5-13-27-18)28-25(32)29(24)19-7-2-3-8-20(19)30/h2-14,23-24,30H,1H3,(H,28,32)/t23-,24+/m0/s1. The van der Waals surface area contributed by atoms with Crippen molar-refractivity contribution in [1.29, 1.82) is 0 Å². The normalized spacial score (nSPS) is 18.1. The first-order valence-electron chi connectivity index (χ1n) is 10.2. The number of para-hydroxylation sites is 2. The number of hydrogen-bond donors (Lipinski definition) is 2. The second kappa shape index (κ2) is 8.41. The number of rotatable bonds is 4.